The summed E-state index contributed by atoms with van der Waals surface area (Å²) in [5.74, 6) is 1.39. The van der Waals surface area contributed by atoms with Crippen molar-refractivity contribution in [3.63, 3.8) is 0 Å². The third-order valence-electron chi connectivity index (χ3n) is 6.03. The van der Waals surface area contributed by atoms with Crippen molar-refractivity contribution in [3.8, 4) is 11.5 Å². The van der Waals surface area contributed by atoms with E-state index in [0.29, 0.717) is 12.2 Å². The van der Waals surface area contributed by atoms with E-state index in [-0.39, 0.29) is 5.91 Å². The third kappa shape index (κ3) is 6.73. The number of anilines is 1. The van der Waals surface area contributed by atoms with E-state index in [2.05, 4.69) is 33.0 Å². The molecule has 0 bridgehead atoms. The predicted octanol–water partition coefficient (Wildman–Crippen LogP) is 4.35. The number of hydrazone groups is 1. The Hall–Kier alpha value is -4.10. The first-order valence-corrected chi connectivity index (χ1v) is 12.0. The molecule has 0 unspecified atom stereocenters. The maximum atomic E-state index is 12.5. The van der Waals surface area contributed by atoms with Gasteiger partial charge in [0.05, 0.1) is 19.0 Å². The summed E-state index contributed by atoms with van der Waals surface area (Å²) >= 11 is 0. The van der Waals surface area contributed by atoms with Crippen molar-refractivity contribution in [1.29, 1.82) is 0 Å². The average molecular weight is 485 g/mol. The van der Waals surface area contributed by atoms with Gasteiger partial charge in [-0.05, 0) is 47.5 Å². The van der Waals surface area contributed by atoms with Crippen molar-refractivity contribution in [2.45, 2.75) is 6.54 Å². The van der Waals surface area contributed by atoms with Crippen LogP contribution in [0.3, 0.4) is 0 Å². The molecule has 36 heavy (non-hydrogen) atoms. The molecule has 7 heteroatoms. The number of amides is 1. The number of hydrogen-bond donors (Lipinski definition) is 1. The molecule has 0 saturated carbocycles. The molecule has 1 heterocycles. The van der Waals surface area contributed by atoms with E-state index in [1.165, 1.54) is 5.56 Å². The second kappa shape index (κ2) is 12.6. The summed E-state index contributed by atoms with van der Waals surface area (Å²) in [6, 6.07) is 23.3. The molecule has 4 rings (SSSR count). The number of nitrogens with one attached hydrogen (secondary N) is 1. The Bertz CT molecular complexity index is 1190. The molecule has 0 radical (unpaired) electrons. The van der Waals surface area contributed by atoms with Gasteiger partial charge in [0.1, 0.15) is 18.1 Å². The first-order chi connectivity index (χ1) is 17.7. The highest BCUT2D eigenvalue weighted by atomic mass is 16.5. The Labute approximate surface area is 212 Å². The lowest BCUT2D eigenvalue weighted by Gasteiger charge is -2.36. The van der Waals surface area contributed by atoms with Crippen molar-refractivity contribution in [3.05, 3.63) is 102 Å². The lowest BCUT2D eigenvalue weighted by atomic mass is 10.1. The lowest BCUT2D eigenvalue weighted by molar-refractivity contribution is 0.0955. The molecule has 1 aliphatic heterocycles. The topological polar surface area (TPSA) is 66.4 Å². The van der Waals surface area contributed by atoms with Crippen LogP contribution in [0, 0.1) is 0 Å². The van der Waals surface area contributed by atoms with Crippen LogP contribution in [0.2, 0.25) is 0 Å². The summed E-state index contributed by atoms with van der Waals surface area (Å²) in [6.07, 6.45) is 3.29. The van der Waals surface area contributed by atoms with Crippen LogP contribution in [0.4, 0.5) is 5.69 Å². The maximum Gasteiger partial charge on any atom is 0.271 e. The number of piperazine rings is 1. The molecule has 0 atom stereocenters. The molecule has 0 spiro atoms. The van der Waals surface area contributed by atoms with Crippen molar-refractivity contribution in [1.82, 2.24) is 10.3 Å². The zero-order chi connectivity index (χ0) is 25.2. The van der Waals surface area contributed by atoms with Gasteiger partial charge in [-0.1, -0.05) is 49.1 Å². The summed E-state index contributed by atoms with van der Waals surface area (Å²) < 4.78 is 11.0. The van der Waals surface area contributed by atoms with Gasteiger partial charge in [-0.15, -0.1) is 0 Å². The summed E-state index contributed by atoms with van der Waals surface area (Å²) in [4.78, 5) is 17.3. The fraction of sp³-hybridized carbons (Fsp3) is 0.241. The standard InChI is InChI=1S/C29H32N4O3/c1-3-19-36-26-8-6-7-24(20-26)21-30-31-29(34)25-13-11-23(12-14-25)22-32-15-17-33(18-16-32)27-9-4-5-10-28(27)35-2/h3-14,20-21H,1,15-19,22H2,2H3,(H,31,34)/b30-21-. The van der Waals surface area contributed by atoms with Crippen LogP contribution in [0.5, 0.6) is 11.5 Å². The number of nitrogens with zero attached hydrogens (tertiary/aromatic N) is 3. The van der Waals surface area contributed by atoms with Crippen molar-refractivity contribution in [2.75, 3.05) is 44.8 Å². The Balaban J connectivity index is 1.25. The van der Waals surface area contributed by atoms with Gasteiger partial charge in [-0.25, -0.2) is 5.43 Å². The Morgan fingerprint density at radius 3 is 2.56 bits per heavy atom. The molecular formula is C29H32N4O3. The number of carbonyl (C=O) groups is 1. The molecule has 186 valence electrons. The summed E-state index contributed by atoms with van der Waals surface area (Å²) in [7, 11) is 1.71. The van der Waals surface area contributed by atoms with Gasteiger partial charge < -0.3 is 14.4 Å². The molecule has 0 aliphatic carbocycles. The van der Waals surface area contributed by atoms with E-state index in [9.17, 15) is 4.79 Å². The number of para-hydroxylation sites is 2. The van der Waals surface area contributed by atoms with Crippen molar-refractivity contribution in [2.24, 2.45) is 5.10 Å². The Morgan fingerprint density at radius 1 is 1.03 bits per heavy atom. The van der Waals surface area contributed by atoms with Crippen LogP contribution < -0.4 is 19.8 Å². The molecule has 7 nitrogen and oxygen atoms in total. The summed E-state index contributed by atoms with van der Waals surface area (Å²) in [5, 5.41) is 4.08. The maximum absolute atomic E-state index is 12.5. The molecule has 1 N–H and O–H groups in total. The number of ether oxygens (including phenoxy) is 2. The van der Waals surface area contributed by atoms with Gasteiger partial charge in [-0.3, -0.25) is 9.69 Å². The van der Waals surface area contributed by atoms with Crippen LogP contribution in [0.1, 0.15) is 21.5 Å². The van der Waals surface area contributed by atoms with E-state index in [4.69, 9.17) is 9.47 Å². The molecule has 0 aromatic heterocycles. The fourth-order valence-electron chi connectivity index (χ4n) is 4.13. The minimum absolute atomic E-state index is 0.248. The fourth-order valence-corrected chi connectivity index (χ4v) is 4.13. The zero-order valence-electron chi connectivity index (χ0n) is 20.6. The number of methoxy groups -OCH3 is 1. The van der Waals surface area contributed by atoms with Gasteiger partial charge in [-0.2, -0.15) is 5.10 Å². The quantitative estimate of drug-likeness (QED) is 0.263. The first-order valence-electron chi connectivity index (χ1n) is 12.0. The van der Waals surface area contributed by atoms with Crippen LogP contribution >= 0.6 is 0 Å². The highest BCUT2D eigenvalue weighted by Gasteiger charge is 2.19. The van der Waals surface area contributed by atoms with Gasteiger partial charge in [0.2, 0.25) is 0 Å². The normalized spacial score (nSPS) is 14.0. The minimum atomic E-state index is -0.248. The van der Waals surface area contributed by atoms with Gasteiger partial charge in [0, 0.05) is 38.3 Å². The molecule has 3 aromatic rings. The van der Waals surface area contributed by atoms with Gasteiger partial charge >= 0.3 is 0 Å². The Morgan fingerprint density at radius 2 is 1.81 bits per heavy atom. The second-order valence-corrected chi connectivity index (χ2v) is 8.50. The predicted molar refractivity (Wildman–Crippen MR) is 144 cm³/mol. The van der Waals surface area contributed by atoms with E-state index >= 15 is 0 Å². The smallest absolute Gasteiger partial charge is 0.271 e. The summed E-state index contributed by atoms with van der Waals surface area (Å²) in [5.41, 5.74) is 6.31. The van der Waals surface area contributed by atoms with Crippen LogP contribution in [0.15, 0.2) is 90.6 Å². The van der Waals surface area contributed by atoms with E-state index in [0.717, 1.165) is 55.5 Å². The van der Waals surface area contributed by atoms with Crippen LogP contribution in [-0.2, 0) is 6.54 Å². The third-order valence-corrected chi connectivity index (χ3v) is 6.03. The van der Waals surface area contributed by atoms with Crippen molar-refractivity contribution >= 4 is 17.8 Å². The van der Waals surface area contributed by atoms with E-state index in [1.54, 1.807) is 19.4 Å². The van der Waals surface area contributed by atoms with Gasteiger partial charge in [0.15, 0.2) is 0 Å². The number of rotatable bonds is 10. The second-order valence-electron chi connectivity index (χ2n) is 8.50. The SMILES string of the molecule is C=CCOc1cccc(/C=N\NC(=O)c2ccc(CN3CCN(c4ccccc4OC)CC3)cc2)c1. The summed E-state index contributed by atoms with van der Waals surface area (Å²) in [6.45, 7) is 8.76. The average Bonchev–Trinajstić information content (AvgIpc) is 2.93. The molecule has 1 saturated heterocycles. The van der Waals surface area contributed by atoms with E-state index in [1.807, 2.05) is 66.7 Å². The van der Waals surface area contributed by atoms with Crippen molar-refractivity contribution < 1.29 is 14.3 Å². The van der Waals surface area contributed by atoms with E-state index < -0.39 is 0 Å². The highest BCUT2D eigenvalue weighted by molar-refractivity contribution is 5.94. The number of carbonyl (C=O) groups excluding carboxylic acids is 1. The van der Waals surface area contributed by atoms with Gasteiger partial charge in [0.25, 0.3) is 5.91 Å². The lowest BCUT2D eigenvalue weighted by Crippen LogP contribution is -2.46. The van der Waals surface area contributed by atoms with Crippen LogP contribution in [-0.4, -0.2) is 56.9 Å². The number of hydrogen-bond acceptors (Lipinski definition) is 6. The van der Waals surface area contributed by atoms with Crippen LogP contribution in [0.25, 0.3) is 0 Å². The minimum Gasteiger partial charge on any atom is -0.495 e. The largest absolute Gasteiger partial charge is 0.495 e. The molecule has 3 aromatic carbocycles. The highest BCUT2D eigenvalue weighted by Crippen LogP contribution is 2.28. The molecule has 1 fully saturated rings. The molecular weight excluding hydrogens is 452 g/mol. The first kappa shape index (κ1) is 25.0. The monoisotopic (exact) mass is 484 g/mol. The molecule has 1 amide bonds. The number of benzene rings is 3. The molecule has 1 aliphatic rings. The zero-order valence-corrected chi connectivity index (χ0v) is 20.6. The Kier molecular flexibility index (Phi) is 8.72.